The van der Waals surface area contributed by atoms with E-state index in [4.69, 9.17) is 5.11 Å². The highest BCUT2D eigenvalue weighted by Crippen LogP contribution is 2.28. The van der Waals surface area contributed by atoms with Gasteiger partial charge in [0.2, 0.25) is 0 Å². The van der Waals surface area contributed by atoms with Gasteiger partial charge in [0.1, 0.15) is 0 Å². The first-order valence-corrected chi connectivity index (χ1v) is 4.54. The van der Waals surface area contributed by atoms with Gasteiger partial charge in [0.25, 0.3) is 0 Å². The van der Waals surface area contributed by atoms with E-state index in [9.17, 15) is 4.79 Å². The van der Waals surface area contributed by atoms with E-state index in [0.29, 0.717) is 11.3 Å². The number of halogens is 1. The molecular formula is C10H8BrNO2. The van der Waals surface area contributed by atoms with Crippen molar-refractivity contribution in [3.8, 4) is 0 Å². The maximum absolute atomic E-state index is 10.7. The molecule has 4 heteroatoms. The Morgan fingerprint density at radius 3 is 2.64 bits per heavy atom. The summed E-state index contributed by atoms with van der Waals surface area (Å²) in [5.41, 5.74) is 0.996. The zero-order valence-corrected chi connectivity index (χ0v) is 8.91. The van der Waals surface area contributed by atoms with Gasteiger partial charge in [-0.2, -0.15) is 0 Å². The van der Waals surface area contributed by atoms with Crippen LogP contribution in [0, 0.1) is 0 Å². The van der Waals surface area contributed by atoms with Crippen LogP contribution in [0.1, 0.15) is 5.56 Å². The summed E-state index contributed by atoms with van der Waals surface area (Å²) in [7, 11) is 0. The maximum atomic E-state index is 10.7. The van der Waals surface area contributed by atoms with Crippen molar-refractivity contribution in [2.45, 2.75) is 0 Å². The fraction of sp³-hybridized carbons (Fsp3) is 0. The van der Waals surface area contributed by atoms with E-state index in [2.05, 4.69) is 34.2 Å². The number of hydrogen-bond acceptors (Lipinski definition) is 2. The van der Waals surface area contributed by atoms with Gasteiger partial charge in [-0.3, -0.25) is 4.99 Å². The molecule has 0 bridgehead atoms. The fourth-order valence-electron chi connectivity index (χ4n) is 1.00. The lowest BCUT2D eigenvalue weighted by Gasteiger charge is -2.05. The molecule has 1 aromatic rings. The van der Waals surface area contributed by atoms with E-state index in [-0.39, 0.29) is 5.57 Å². The molecule has 0 amide bonds. The second-order valence-electron chi connectivity index (χ2n) is 2.60. The lowest BCUT2D eigenvalue weighted by molar-refractivity contribution is -0.130. The normalized spacial score (nSPS) is 9.50. The predicted molar refractivity (Wildman–Crippen MR) is 60.0 cm³/mol. The number of benzene rings is 1. The summed E-state index contributed by atoms with van der Waals surface area (Å²) in [4.78, 5) is 14.4. The molecule has 0 aliphatic rings. The molecule has 0 saturated heterocycles. The fourth-order valence-corrected chi connectivity index (χ4v) is 1.36. The second-order valence-corrected chi connectivity index (χ2v) is 3.52. The molecule has 0 aromatic heterocycles. The number of hydrogen-bond donors (Lipinski definition) is 1. The monoisotopic (exact) mass is 253 g/mol. The molecule has 14 heavy (non-hydrogen) atoms. The molecule has 0 fully saturated rings. The number of nitrogens with zero attached hydrogens (tertiary/aromatic N) is 1. The lowest BCUT2D eigenvalue weighted by Crippen LogP contribution is -1.98. The molecule has 0 heterocycles. The Labute approximate surface area is 89.9 Å². The van der Waals surface area contributed by atoms with Crippen LogP contribution in [-0.4, -0.2) is 17.8 Å². The van der Waals surface area contributed by atoms with Crippen molar-refractivity contribution in [1.29, 1.82) is 0 Å². The highest BCUT2D eigenvalue weighted by atomic mass is 79.9. The largest absolute Gasteiger partial charge is 0.478 e. The minimum absolute atomic E-state index is 0.00806. The Morgan fingerprint density at radius 2 is 2.14 bits per heavy atom. The topological polar surface area (TPSA) is 49.7 Å². The van der Waals surface area contributed by atoms with Gasteiger partial charge in [-0.25, -0.2) is 4.79 Å². The zero-order valence-electron chi connectivity index (χ0n) is 7.33. The van der Waals surface area contributed by atoms with E-state index < -0.39 is 5.97 Å². The highest BCUT2D eigenvalue weighted by molar-refractivity contribution is 9.10. The number of aliphatic carboxylic acids is 1. The van der Waals surface area contributed by atoms with Gasteiger partial charge in [-0.05, 0) is 24.9 Å². The molecule has 1 aromatic carbocycles. The molecule has 0 atom stereocenters. The molecule has 0 unspecified atom stereocenters. The van der Waals surface area contributed by atoms with Gasteiger partial charge < -0.3 is 5.11 Å². The molecule has 1 rings (SSSR count). The van der Waals surface area contributed by atoms with E-state index in [0.717, 1.165) is 4.47 Å². The van der Waals surface area contributed by atoms with Crippen molar-refractivity contribution in [1.82, 2.24) is 0 Å². The van der Waals surface area contributed by atoms with Crippen LogP contribution in [0.5, 0.6) is 0 Å². The summed E-state index contributed by atoms with van der Waals surface area (Å²) >= 11 is 3.25. The summed E-state index contributed by atoms with van der Waals surface area (Å²) in [5, 5.41) is 8.77. The van der Waals surface area contributed by atoms with Gasteiger partial charge in [-0.1, -0.05) is 22.5 Å². The highest BCUT2D eigenvalue weighted by Gasteiger charge is 2.11. The Kier molecular flexibility index (Phi) is 3.19. The van der Waals surface area contributed by atoms with Crippen LogP contribution in [-0.2, 0) is 4.79 Å². The van der Waals surface area contributed by atoms with Crippen molar-refractivity contribution in [3.05, 3.63) is 34.8 Å². The smallest absolute Gasteiger partial charge is 0.335 e. The van der Waals surface area contributed by atoms with Crippen molar-refractivity contribution in [2.75, 3.05) is 0 Å². The number of aliphatic imine (C=N–C) groups is 1. The third-order valence-corrected chi connectivity index (χ3v) is 2.21. The van der Waals surface area contributed by atoms with Gasteiger partial charge in [0.15, 0.2) is 0 Å². The van der Waals surface area contributed by atoms with Crippen LogP contribution in [0.4, 0.5) is 5.69 Å². The van der Waals surface area contributed by atoms with Crippen LogP contribution in [0.3, 0.4) is 0 Å². The third kappa shape index (κ3) is 2.09. The molecule has 0 spiro atoms. The van der Waals surface area contributed by atoms with Gasteiger partial charge in [0, 0.05) is 10.0 Å². The number of carbonyl (C=O) groups is 1. The van der Waals surface area contributed by atoms with E-state index >= 15 is 0 Å². The SMILES string of the molecule is C=Nc1ccc(Br)cc1C(=C)C(=O)O. The molecule has 72 valence electrons. The first-order valence-electron chi connectivity index (χ1n) is 3.75. The zero-order chi connectivity index (χ0) is 10.7. The third-order valence-electron chi connectivity index (χ3n) is 1.71. The van der Waals surface area contributed by atoms with Crippen molar-refractivity contribution in [3.63, 3.8) is 0 Å². The van der Waals surface area contributed by atoms with Crippen LogP contribution in [0.2, 0.25) is 0 Å². The Bertz CT molecular complexity index is 413. The standard InChI is InChI=1S/C10H8BrNO2/c1-6(10(13)14)8-5-7(11)3-4-9(8)12-2/h3-5H,1-2H2,(H,13,14). The number of carboxylic acid groups (broad SMARTS) is 1. The van der Waals surface area contributed by atoms with Crippen LogP contribution >= 0.6 is 15.9 Å². The van der Waals surface area contributed by atoms with Crippen molar-refractivity contribution in [2.24, 2.45) is 4.99 Å². The molecule has 1 N–H and O–H groups in total. The van der Waals surface area contributed by atoms with Crippen LogP contribution in [0.25, 0.3) is 5.57 Å². The predicted octanol–water partition coefficient (Wildman–Crippen LogP) is 2.88. The maximum Gasteiger partial charge on any atom is 0.335 e. The molecule has 0 aliphatic carbocycles. The Hall–Kier alpha value is -1.42. The molecule has 3 nitrogen and oxygen atoms in total. The average Bonchev–Trinajstić information content (AvgIpc) is 2.16. The van der Waals surface area contributed by atoms with Crippen molar-refractivity contribution < 1.29 is 9.90 Å². The summed E-state index contributed by atoms with van der Waals surface area (Å²) in [5.74, 6) is -1.06. The van der Waals surface area contributed by atoms with Crippen molar-refractivity contribution >= 4 is 39.9 Å². The van der Waals surface area contributed by atoms with E-state index in [1.54, 1.807) is 18.2 Å². The Balaban J connectivity index is 3.30. The Morgan fingerprint density at radius 1 is 1.50 bits per heavy atom. The summed E-state index contributed by atoms with van der Waals surface area (Å²) < 4.78 is 0.780. The van der Waals surface area contributed by atoms with Gasteiger partial charge in [-0.15, -0.1) is 0 Å². The molecular weight excluding hydrogens is 246 g/mol. The first kappa shape index (κ1) is 10.7. The quantitative estimate of drug-likeness (QED) is 0.666. The van der Waals surface area contributed by atoms with Crippen LogP contribution in [0.15, 0.2) is 34.2 Å². The van der Waals surface area contributed by atoms with Gasteiger partial charge in [0.05, 0.1) is 11.3 Å². The minimum Gasteiger partial charge on any atom is -0.478 e. The number of rotatable bonds is 3. The molecule has 0 radical (unpaired) electrons. The second kappa shape index (κ2) is 4.19. The average molecular weight is 254 g/mol. The summed E-state index contributed by atoms with van der Waals surface area (Å²) in [6.07, 6.45) is 0. The molecule has 0 aliphatic heterocycles. The minimum atomic E-state index is -1.06. The first-order chi connectivity index (χ1) is 6.56. The number of carboxylic acids is 1. The van der Waals surface area contributed by atoms with E-state index in [1.807, 2.05) is 0 Å². The molecule has 0 saturated carbocycles. The summed E-state index contributed by atoms with van der Waals surface area (Å²) in [6, 6.07) is 5.10. The van der Waals surface area contributed by atoms with E-state index in [1.165, 1.54) is 0 Å². The lowest BCUT2D eigenvalue weighted by atomic mass is 10.1. The summed E-state index contributed by atoms with van der Waals surface area (Å²) in [6.45, 7) is 6.83. The van der Waals surface area contributed by atoms with Gasteiger partial charge >= 0.3 is 5.97 Å². The van der Waals surface area contributed by atoms with Crippen LogP contribution < -0.4 is 0 Å².